The summed E-state index contributed by atoms with van der Waals surface area (Å²) in [6.07, 6.45) is 0. The molecule has 1 saturated heterocycles. The van der Waals surface area contributed by atoms with Crippen molar-refractivity contribution >= 4 is 29.3 Å². The third kappa shape index (κ3) is 1.89. The topological polar surface area (TPSA) is 24.1 Å². The lowest BCUT2D eigenvalue weighted by molar-refractivity contribution is 0.556. The largest absolute Gasteiger partial charge is 0.295 e. The van der Waals surface area contributed by atoms with Crippen molar-refractivity contribution in [3.05, 3.63) is 0 Å². The van der Waals surface area contributed by atoms with Gasteiger partial charge in [0.15, 0.2) is 0 Å². The van der Waals surface area contributed by atoms with Crippen LogP contribution in [0.4, 0.5) is 0 Å². The molecule has 0 aromatic carbocycles. The molecule has 1 aliphatic heterocycles. The molecule has 0 aromatic heterocycles. The van der Waals surface area contributed by atoms with Gasteiger partial charge in [-0.3, -0.25) is 10.6 Å². The van der Waals surface area contributed by atoms with E-state index in [1.165, 1.54) is 0 Å². The summed E-state index contributed by atoms with van der Waals surface area (Å²) in [5, 5.41) is 8.17. The van der Waals surface area contributed by atoms with Gasteiger partial charge in [0, 0.05) is 17.9 Å². The van der Waals surface area contributed by atoms with E-state index in [0.29, 0.717) is 0 Å². The van der Waals surface area contributed by atoms with E-state index in [0.717, 1.165) is 12.5 Å². The molecule has 0 saturated carbocycles. The lowest BCUT2D eigenvalue weighted by atomic mass is 10.4. The fourth-order valence-electron chi connectivity index (χ4n) is 0.617. The van der Waals surface area contributed by atoms with Crippen LogP contribution in [0.1, 0.15) is 6.92 Å². The van der Waals surface area contributed by atoms with Crippen LogP contribution in [0.15, 0.2) is 0 Å². The second-order valence-corrected chi connectivity index (χ2v) is 3.78. The first-order valence-corrected chi connectivity index (χ1v) is 4.28. The summed E-state index contributed by atoms with van der Waals surface area (Å²) in [7, 11) is 0. The Morgan fingerprint density at radius 2 is 2.56 bits per heavy atom. The highest BCUT2D eigenvalue weighted by Gasteiger charge is 2.22. The monoisotopic (exact) mass is 162 g/mol. The van der Waals surface area contributed by atoms with Gasteiger partial charge in [0.1, 0.15) is 0 Å². The quantitative estimate of drug-likeness (QED) is 0.550. The Kier molecular flexibility index (Phi) is 2.46. The van der Waals surface area contributed by atoms with Gasteiger partial charge in [-0.1, -0.05) is 12.2 Å². The molecule has 52 valence electrons. The van der Waals surface area contributed by atoms with Crippen LogP contribution in [-0.2, 0) is 0 Å². The second kappa shape index (κ2) is 2.96. The van der Waals surface area contributed by atoms with Crippen molar-refractivity contribution in [2.75, 3.05) is 12.5 Å². The minimum absolute atomic E-state index is 0.0145. The summed E-state index contributed by atoms with van der Waals surface area (Å²) in [4.78, 5) is 0.0145. The number of hydrogen-bond acceptors (Lipinski definition) is 4. The highest BCUT2D eigenvalue weighted by molar-refractivity contribution is 8.02. The Morgan fingerprint density at radius 1 is 1.78 bits per heavy atom. The maximum Gasteiger partial charge on any atom is 0.0928 e. The number of nitrogens with one attached hydrogen (secondary N) is 2. The molecule has 0 amide bonds. The molecule has 4 heteroatoms. The molecule has 1 atom stereocenters. The zero-order valence-corrected chi connectivity index (χ0v) is 6.94. The normalized spacial score (nSPS) is 36.1. The van der Waals surface area contributed by atoms with Gasteiger partial charge in [-0.25, -0.2) is 0 Å². The van der Waals surface area contributed by atoms with Crippen LogP contribution in [0, 0.1) is 0 Å². The van der Waals surface area contributed by atoms with Gasteiger partial charge in [-0.15, -0.1) is 11.8 Å². The third-order valence-electron chi connectivity index (χ3n) is 1.26. The number of thiocarbonyl (C=S) groups is 1. The zero-order chi connectivity index (χ0) is 6.74. The molecule has 0 radical (unpaired) electrons. The van der Waals surface area contributed by atoms with Crippen molar-refractivity contribution in [2.24, 2.45) is 0 Å². The van der Waals surface area contributed by atoms with Gasteiger partial charge in [-0.05, 0) is 6.92 Å². The van der Waals surface area contributed by atoms with E-state index in [9.17, 15) is 0 Å². The molecule has 0 spiro atoms. The smallest absolute Gasteiger partial charge is 0.0928 e. The maximum absolute atomic E-state index is 4.85. The molecule has 1 aliphatic rings. The van der Waals surface area contributed by atoms with E-state index in [2.05, 4.69) is 17.6 Å². The first kappa shape index (κ1) is 7.47. The molecule has 0 aromatic rings. The molecule has 0 aliphatic carbocycles. The SMILES string of the molecule is CC1(C=S)NCNCS1. The Morgan fingerprint density at radius 3 is 2.89 bits per heavy atom. The number of hydrogen-bond donors (Lipinski definition) is 2. The Balaban J connectivity index is 2.46. The van der Waals surface area contributed by atoms with Crippen molar-refractivity contribution in [1.82, 2.24) is 10.6 Å². The summed E-state index contributed by atoms with van der Waals surface area (Å²) >= 11 is 6.63. The lowest BCUT2D eigenvalue weighted by Crippen LogP contribution is -2.50. The summed E-state index contributed by atoms with van der Waals surface area (Å²) in [5.74, 6) is 0.983. The standard InChI is InChI=1S/C5H10N2S2/c1-5(2-8)7-3-6-4-9-5/h2,6-7H,3-4H2,1H3. The fourth-order valence-corrected chi connectivity index (χ4v) is 1.65. The van der Waals surface area contributed by atoms with Crippen molar-refractivity contribution in [1.29, 1.82) is 0 Å². The Bertz CT molecular complexity index is 110. The molecule has 1 unspecified atom stereocenters. The van der Waals surface area contributed by atoms with Crippen LogP contribution in [-0.4, -0.2) is 22.8 Å². The Hall–Kier alpha value is 0.360. The van der Waals surface area contributed by atoms with E-state index < -0.39 is 0 Å². The molecule has 2 nitrogen and oxygen atoms in total. The summed E-state index contributed by atoms with van der Waals surface area (Å²) in [5.41, 5.74) is 0. The first-order valence-electron chi connectivity index (χ1n) is 2.83. The van der Waals surface area contributed by atoms with Crippen LogP contribution in [0.5, 0.6) is 0 Å². The predicted octanol–water partition coefficient (Wildman–Crippen LogP) is 0.543. The van der Waals surface area contributed by atoms with Crippen molar-refractivity contribution in [2.45, 2.75) is 11.8 Å². The highest BCUT2D eigenvalue weighted by atomic mass is 32.2. The van der Waals surface area contributed by atoms with Crippen molar-refractivity contribution in [3.8, 4) is 0 Å². The van der Waals surface area contributed by atoms with Gasteiger partial charge in [0.25, 0.3) is 0 Å². The van der Waals surface area contributed by atoms with Crippen molar-refractivity contribution < 1.29 is 0 Å². The minimum atomic E-state index is 0.0145. The van der Waals surface area contributed by atoms with Gasteiger partial charge in [-0.2, -0.15) is 0 Å². The van der Waals surface area contributed by atoms with Crippen LogP contribution >= 0.6 is 24.0 Å². The van der Waals surface area contributed by atoms with Gasteiger partial charge < -0.3 is 0 Å². The van der Waals surface area contributed by atoms with Crippen LogP contribution in [0.3, 0.4) is 0 Å². The molecular formula is C5H10N2S2. The summed E-state index contributed by atoms with van der Waals surface area (Å²) in [6.45, 7) is 2.95. The molecule has 1 rings (SSSR count). The first-order chi connectivity index (χ1) is 4.27. The van der Waals surface area contributed by atoms with Crippen molar-refractivity contribution in [3.63, 3.8) is 0 Å². The second-order valence-electron chi connectivity index (χ2n) is 2.12. The predicted molar refractivity (Wildman–Crippen MR) is 45.7 cm³/mol. The van der Waals surface area contributed by atoms with Crippen LogP contribution in [0.2, 0.25) is 0 Å². The van der Waals surface area contributed by atoms with Crippen LogP contribution < -0.4 is 10.6 Å². The minimum Gasteiger partial charge on any atom is -0.295 e. The fraction of sp³-hybridized carbons (Fsp3) is 0.800. The van der Waals surface area contributed by atoms with E-state index in [-0.39, 0.29) is 4.87 Å². The molecular weight excluding hydrogens is 152 g/mol. The number of thioether (sulfide) groups is 1. The van der Waals surface area contributed by atoms with Gasteiger partial charge in [0.05, 0.1) is 4.87 Å². The molecule has 1 heterocycles. The molecule has 0 bridgehead atoms. The lowest BCUT2D eigenvalue weighted by Gasteiger charge is -2.30. The molecule has 1 fully saturated rings. The van der Waals surface area contributed by atoms with E-state index >= 15 is 0 Å². The maximum atomic E-state index is 4.85. The summed E-state index contributed by atoms with van der Waals surface area (Å²) in [6, 6.07) is 0. The average molecular weight is 162 g/mol. The highest BCUT2D eigenvalue weighted by Crippen LogP contribution is 2.20. The zero-order valence-electron chi connectivity index (χ0n) is 5.31. The molecule has 9 heavy (non-hydrogen) atoms. The Labute approximate surface area is 64.8 Å². The summed E-state index contributed by atoms with van der Waals surface area (Å²) < 4.78 is 0. The van der Waals surface area contributed by atoms with E-state index in [4.69, 9.17) is 12.2 Å². The van der Waals surface area contributed by atoms with Gasteiger partial charge in [0.2, 0.25) is 0 Å². The molecule has 2 N–H and O–H groups in total. The van der Waals surface area contributed by atoms with E-state index in [1.54, 1.807) is 17.1 Å². The van der Waals surface area contributed by atoms with E-state index in [1.807, 2.05) is 0 Å². The average Bonchev–Trinajstić information content (AvgIpc) is 1.90. The number of rotatable bonds is 1. The van der Waals surface area contributed by atoms with Crippen LogP contribution in [0.25, 0.3) is 0 Å². The van der Waals surface area contributed by atoms with Gasteiger partial charge >= 0.3 is 0 Å². The third-order valence-corrected chi connectivity index (χ3v) is 3.09.